The number of amides is 2. The summed E-state index contributed by atoms with van der Waals surface area (Å²) < 4.78 is 73.8. The average molecular weight is 669 g/mol. The summed E-state index contributed by atoms with van der Waals surface area (Å²) in [5.41, 5.74) is -1.71. The second-order valence-electron chi connectivity index (χ2n) is 13.8. The number of carboxylic acid groups (broad SMARTS) is 1. The number of hydrogen-bond donors (Lipinski definition) is 2. The van der Waals surface area contributed by atoms with Crippen LogP contribution in [0.4, 0.5) is 22.4 Å². The Morgan fingerprint density at radius 2 is 1.85 bits per heavy atom. The first-order valence-electron chi connectivity index (χ1n) is 15.9. The van der Waals surface area contributed by atoms with Crippen LogP contribution in [0.5, 0.6) is 11.6 Å². The molecule has 1 aromatic heterocycles. The lowest BCUT2D eigenvalue weighted by molar-refractivity contribution is -0.150. The maximum absolute atomic E-state index is 16.0. The van der Waals surface area contributed by atoms with Gasteiger partial charge in [-0.2, -0.15) is 17.6 Å². The highest BCUT2D eigenvalue weighted by atomic mass is 19.3. The lowest BCUT2D eigenvalue weighted by Crippen LogP contribution is -2.57. The molecule has 2 amide bonds. The van der Waals surface area contributed by atoms with Crippen LogP contribution < -0.4 is 14.8 Å². The van der Waals surface area contributed by atoms with Gasteiger partial charge in [-0.3, -0.25) is 4.79 Å². The van der Waals surface area contributed by atoms with Crippen LogP contribution in [0.3, 0.4) is 0 Å². The fourth-order valence-electron chi connectivity index (χ4n) is 6.82. The van der Waals surface area contributed by atoms with Gasteiger partial charge in [0.05, 0.1) is 17.6 Å². The fraction of sp³-hybridized carbons (Fsp3) is 0.656. The first kappa shape index (κ1) is 34.4. The van der Waals surface area contributed by atoms with Crippen molar-refractivity contribution in [3.05, 3.63) is 23.9 Å². The molecule has 3 aliphatic rings. The van der Waals surface area contributed by atoms with Crippen molar-refractivity contribution in [3.63, 3.8) is 0 Å². The highest BCUT2D eigenvalue weighted by molar-refractivity contribution is 5.90. The molecule has 6 atom stereocenters. The Balaban J connectivity index is 1.56. The number of nitrogens with one attached hydrogen (secondary N) is 1. The van der Waals surface area contributed by atoms with Crippen LogP contribution in [-0.4, -0.2) is 75.4 Å². The second-order valence-corrected chi connectivity index (χ2v) is 13.8. The zero-order valence-electron chi connectivity index (χ0n) is 26.7. The zero-order chi connectivity index (χ0) is 34.3. The molecule has 2 bridgehead atoms. The smallest absolute Gasteiger partial charge is 0.408 e. The van der Waals surface area contributed by atoms with E-state index in [4.69, 9.17) is 9.47 Å². The van der Waals surface area contributed by atoms with E-state index in [2.05, 4.69) is 20.0 Å². The Kier molecular flexibility index (Phi) is 9.74. The van der Waals surface area contributed by atoms with E-state index in [1.807, 2.05) is 6.92 Å². The van der Waals surface area contributed by atoms with Crippen molar-refractivity contribution >= 4 is 29.0 Å². The maximum Gasteiger partial charge on any atom is 0.408 e. The Morgan fingerprint density at radius 1 is 1.11 bits per heavy atom. The van der Waals surface area contributed by atoms with Gasteiger partial charge in [0.2, 0.25) is 11.8 Å². The normalized spacial score (nSPS) is 28.8. The summed E-state index contributed by atoms with van der Waals surface area (Å²) in [6.07, 6.45) is -0.821. The van der Waals surface area contributed by atoms with Gasteiger partial charge in [-0.25, -0.2) is 19.6 Å². The lowest BCUT2D eigenvalue weighted by atomic mass is 9.85. The van der Waals surface area contributed by atoms with Crippen molar-refractivity contribution in [1.82, 2.24) is 20.2 Å². The number of halogens is 4. The molecule has 258 valence electrons. The molecule has 2 aromatic rings. The Bertz CT molecular complexity index is 1500. The lowest BCUT2D eigenvalue weighted by Gasteiger charge is -2.35. The van der Waals surface area contributed by atoms with Gasteiger partial charge in [-0.15, -0.1) is 0 Å². The van der Waals surface area contributed by atoms with Crippen LogP contribution in [0.2, 0.25) is 0 Å². The van der Waals surface area contributed by atoms with Crippen LogP contribution in [0, 0.1) is 17.3 Å². The first-order chi connectivity index (χ1) is 22.0. The predicted octanol–water partition coefficient (Wildman–Crippen LogP) is 5.89. The van der Waals surface area contributed by atoms with Gasteiger partial charge in [0.1, 0.15) is 30.0 Å². The number of rotatable bonds is 3. The number of alkyl halides is 4. The largest absolute Gasteiger partial charge is 0.480 e. The Morgan fingerprint density at radius 3 is 2.53 bits per heavy atom. The molecule has 5 rings (SSSR count). The molecule has 11 nitrogen and oxygen atoms in total. The Hall–Kier alpha value is -3.91. The molecule has 15 heteroatoms. The standard InChI is InChI=1S/C32H40F4N4O7/c1-16-8-11-23-19(16)7-5-6-12-32(35,36)24-26(38-21-13-17(46-29(33)34)9-10-20(21)37-24)45-18-14-22(28(42)43)40(15-18)27(41)25(31(2,3)4)39-30(44)47-23/h9-10,13,16,18-19,22-23,25,29H,5-8,11-12,14-15H2,1-4H3,(H,39,44)(H,42,43)/t16-,18+,19+,22-,23+,25+/m0/s1. The number of nitrogens with zero attached hydrogens (tertiary/aromatic N) is 3. The molecule has 1 saturated carbocycles. The number of carboxylic acids is 1. The quantitative estimate of drug-likeness (QED) is 0.384. The monoisotopic (exact) mass is 668 g/mol. The van der Waals surface area contributed by atoms with Gasteiger partial charge in [-0.1, -0.05) is 34.1 Å². The molecule has 2 aliphatic heterocycles. The number of aliphatic carboxylic acids is 1. The van der Waals surface area contributed by atoms with Crippen LogP contribution >= 0.6 is 0 Å². The van der Waals surface area contributed by atoms with Gasteiger partial charge in [0.25, 0.3) is 5.92 Å². The molecule has 1 aliphatic carbocycles. The van der Waals surface area contributed by atoms with Crippen LogP contribution in [0.25, 0.3) is 11.0 Å². The van der Waals surface area contributed by atoms with E-state index < -0.39 is 78.2 Å². The Labute approximate surface area is 269 Å². The number of ether oxygens (including phenoxy) is 3. The van der Waals surface area contributed by atoms with E-state index in [1.165, 1.54) is 12.1 Å². The first-order valence-corrected chi connectivity index (χ1v) is 15.9. The molecule has 1 saturated heterocycles. The topological polar surface area (TPSA) is 140 Å². The highest BCUT2D eigenvalue weighted by Gasteiger charge is 2.48. The minimum Gasteiger partial charge on any atom is -0.480 e. The summed E-state index contributed by atoms with van der Waals surface area (Å²) in [6.45, 7) is 3.72. The molecule has 47 heavy (non-hydrogen) atoms. The number of alkyl carbamates (subject to hydrolysis) is 1. The van der Waals surface area contributed by atoms with Crippen LogP contribution in [0.15, 0.2) is 18.2 Å². The maximum atomic E-state index is 16.0. The molecule has 0 unspecified atom stereocenters. The van der Waals surface area contributed by atoms with Gasteiger partial charge in [0, 0.05) is 18.9 Å². The van der Waals surface area contributed by atoms with Gasteiger partial charge in [-0.05, 0) is 55.1 Å². The van der Waals surface area contributed by atoms with Crippen molar-refractivity contribution in [1.29, 1.82) is 0 Å². The van der Waals surface area contributed by atoms with Crippen molar-refractivity contribution in [3.8, 4) is 11.6 Å². The fourth-order valence-corrected chi connectivity index (χ4v) is 6.82. The van der Waals surface area contributed by atoms with E-state index >= 15 is 8.78 Å². The summed E-state index contributed by atoms with van der Waals surface area (Å²) in [6, 6.07) is 0.936. The summed E-state index contributed by atoms with van der Waals surface area (Å²) in [7, 11) is 0. The van der Waals surface area contributed by atoms with Gasteiger partial charge in [0.15, 0.2) is 5.69 Å². The molecule has 3 heterocycles. The minimum absolute atomic E-state index is 0.00838. The number of carbonyl (C=O) groups excluding carboxylic acids is 2. The molecule has 2 N–H and O–H groups in total. The molecule has 0 spiro atoms. The number of hydrogen-bond acceptors (Lipinski definition) is 8. The van der Waals surface area contributed by atoms with Crippen LogP contribution in [-0.2, 0) is 20.2 Å². The number of benzene rings is 1. The summed E-state index contributed by atoms with van der Waals surface area (Å²) in [5, 5.41) is 12.7. The predicted molar refractivity (Wildman–Crippen MR) is 159 cm³/mol. The summed E-state index contributed by atoms with van der Waals surface area (Å²) in [4.78, 5) is 48.9. The third-order valence-electron chi connectivity index (χ3n) is 9.31. The summed E-state index contributed by atoms with van der Waals surface area (Å²) >= 11 is 0. The number of aromatic nitrogens is 2. The van der Waals surface area contributed by atoms with E-state index in [-0.39, 0.29) is 48.0 Å². The average Bonchev–Trinajstić information content (AvgIpc) is 3.55. The molecular formula is C32H40F4N4O7. The zero-order valence-corrected chi connectivity index (χ0v) is 26.7. The van der Waals surface area contributed by atoms with E-state index in [0.717, 1.165) is 17.4 Å². The van der Waals surface area contributed by atoms with E-state index in [1.54, 1.807) is 20.8 Å². The third-order valence-corrected chi connectivity index (χ3v) is 9.31. The van der Waals surface area contributed by atoms with Crippen molar-refractivity contribution in [2.45, 2.75) is 109 Å². The van der Waals surface area contributed by atoms with Crippen molar-refractivity contribution in [2.24, 2.45) is 17.3 Å². The van der Waals surface area contributed by atoms with Crippen molar-refractivity contribution < 1.29 is 51.3 Å². The van der Waals surface area contributed by atoms with E-state index in [9.17, 15) is 28.3 Å². The molecule has 2 fully saturated rings. The van der Waals surface area contributed by atoms with Crippen LogP contribution in [0.1, 0.15) is 78.3 Å². The second kappa shape index (κ2) is 13.3. The molecule has 1 aromatic carbocycles. The molecule has 0 radical (unpaired) electrons. The third kappa shape index (κ3) is 7.64. The summed E-state index contributed by atoms with van der Waals surface area (Å²) in [5.74, 6) is -6.34. The number of carbonyl (C=O) groups is 3. The highest BCUT2D eigenvalue weighted by Crippen LogP contribution is 2.42. The van der Waals surface area contributed by atoms with Crippen molar-refractivity contribution in [2.75, 3.05) is 6.54 Å². The SMILES string of the molecule is C[C@H]1CC[C@H]2OC(=O)N[C@@H](C(C)(C)C)C(=O)N3C[C@@H](C[C@H]3C(=O)O)Oc3nc4cc(OC(F)F)ccc4nc3C(F)(F)CCCC[C@H]12. The van der Waals surface area contributed by atoms with Gasteiger partial charge >= 0.3 is 18.7 Å². The molecular weight excluding hydrogens is 628 g/mol. The van der Waals surface area contributed by atoms with Gasteiger partial charge < -0.3 is 29.5 Å². The number of fused-ring (bicyclic) bond motifs is 5. The van der Waals surface area contributed by atoms with E-state index in [0.29, 0.717) is 19.3 Å². The minimum atomic E-state index is -3.53.